The van der Waals surface area contributed by atoms with Gasteiger partial charge in [0.05, 0.1) is 19.4 Å². The van der Waals surface area contributed by atoms with Crippen LogP contribution in [0.25, 0.3) is 0 Å². The van der Waals surface area contributed by atoms with E-state index in [1.54, 1.807) is 13.2 Å². The predicted molar refractivity (Wildman–Crippen MR) is 60.3 cm³/mol. The zero-order chi connectivity index (χ0) is 11.3. The molecule has 1 heterocycles. The third-order valence-electron chi connectivity index (χ3n) is 1.67. The summed E-state index contributed by atoms with van der Waals surface area (Å²) in [4.78, 5) is 4.07. The largest absolute Gasteiger partial charge is 0.485 e. The van der Waals surface area contributed by atoms with Crippen molar-refractivity contribution in [3.05, 3.63) is 10.7 Å². The monoisotopic (exact) mass is 276 g/mol. The lowest BCUT2D eigenvalue weighted by Gasteiger charge is -2.10. The summed E-state index contributed by atoms with van der Waals surface area (Å²) in [7, 11) is 3.13. The van der Waals surface area contributed by atoms with Gasteiger partial charge in [0, 0.05) is 13.2 Å². The molecule has 0 saturated carbocycles. The number of hydrogen-bond donors (Lipinski definition) is 1. The van der Waals surface area contributed by atoms with Crippen LogP contribution in [0.2, 0.25) is 0 Å². The van der Waals surface area contributed by atoms with E-state index in [2.05, 4.69) is 20.9 Å². The molecule has 1 aromatic rings. The second kappa shape index (κ2) is 5.77. The number of aromatic nitrogens is 1. The normalized spacial score (nSPS) is 10.1. The molecule has 0 fully saturated rings. The van der Waals surface area contributed by atoms with Crippen LogP contribution in [0.5, 0.6) is 11.6 Å². The maximum atomic E-state index is 5.67. The summed E-state index contributed by atoms with van der Waals surface area (Å²) in [5.74, 6) is 0.905. The maximum Gasteiger partial charge on any atom is 0.257 e. The number of pyridine rings is 1. The molecular weight excluding hydrogens is 264 g/mol. The van der Waals surface area contributed by atoms with Crippen LogP contribution in [0.1, 0.15) is 0 Å². The Kier molecular flexibility index (Phi) is 4.64. The fraction of sp³-hybridized carbons (Fsp3) is 0.444. The number of halogens is 1. The third kappa shape index (κ3) is 3.24. The highest BCUT2D eigenvalue weighted by atomic mass is 79.9. The molecule has 5 nitrogen and oxygen atoms in total. The molecule has 0 bridgehead atoms. The Hall–Kier alpha value is -1.01. The first-order valence-corrected chi connectivity index (χ1v) is 5.10. The van der Waals surface area contributed by atoms with Gasteiger partial charge in [0.25, 0.3) is 5.88 Å². The molecule has 0 atom stereocenters. The number of nitrogen functional groups attached to an aromatic ring is 1. The molecular formula is C9H13BrN2O3. The Labute approximate surface area is 96.7 Å². The summed E-state index contributed by atoms with van der Waals surface area (Å²) in [6.45, 7) is 0.925. The van der Waals surface area contributed by atoms with Crippen molar-refractivity contribution in [1.82, 2.24) is 4.98 Å². The number of methoxy groups -OCH3 is 2. The highest BCUT2D eigenvalue weighted by Crippen LogP contribution is 2.31. The van der Waals surface area contributed by atoms with E-state index >= 15 is 0 Å². The van der Waals surface area contributed by atoms with Gasteiger partial charge in [-0.3, -0.25) is 0 Å². The van der Waals surface area contributed by atoms with Gasteiger partial charge in [0.1, 0.15) is 11.2 Å². The second-order valence-corrected chi connectivity index (χ2v) is 3.47. The van der Waals surface area contributed by atoms with Crippen LogP contribution >= 0.6 is 15.9 Å². The fourth-order valence-corrected chi connectivity index (χ4v) is 1.23. The van der Waals surface area contributed by atoms with Crippen LogP contribution in [0.3, 0.4) is 0 Å². The minimum absolute atomic E-state index is 0.396. The quantitative estimate of drug-likeness (QED) is 0.652. The molecule has 84 valence electrons. The number of anilines is 1. The number of hydrogen-bond acceptors (Lipinski definition) is 5. The second-order valence-electron chi connectivity index (χ2n) is 2.72. The van der Waals surface area contributed by atoms with Crippen molar-refractivity contribution in [1.29, 1.82) is 0 Å². The zero-order valence-corrected chi connectivity index (χ0v) is 10.2. The average molecular weight is 277 g/mol. The third-order valence-corrected chi connectivity index (χ3v) is 2.31. The maximum absolute atomic E-state index is 5.67. The Bertz CT molecular complexity index is 333. The minimum Gasteiger partial charge on any atom is -0.485 e. The van der Waals surface area contributed by atoms with E-state index in [9.17, 15) is 0 Å². The first kappa shape index (κ1) is 12.1. The van der Waals surface area contributed by atoms with Crippen LogP contribution in [0.4, 0.5) is 5.69 Å². The first-order chi connectivity index (χ1) is 7.19. The van der Waals surface area contributed by atoms with Gasteiger partial charge in [-0.15, -0.1) is 0 Å². The van der Waals surface area contributed by atoms with Crippen LogP contribution in [-0.4, -0.2) is 32.4 Å². The van der Waals surface area contributed by atoms with Gasteiger partial charge in [-0.25, -0.2) is 4.98 Å². The number of rotatable bonds is 5. The first-order valence-electron chi connectivity index (χ1n) is 4.30. The van der Waals surface area contributed by atoms with Crippen LogP contribution < -0.4 is 15.2 Å². The van der Waals surface area contributed by atoms with Gasteiger partial charge >= 0.3 is 0 Å². The molecule has 6 heteroatoms. The molecule has 0 unspecified atom stereocenters. The van der Waals surface area contributed by atoms with E-state index in [4.69, 9.17) is 19.9 Å². The summed E-state index contributed by atoms with van der Waals surface area (Å²) >= 11 is 3.21. The van der Waals surface area contributed by atoms with Gasteiger partial charge < -0.3 is 19.9 Å². The van der Waals surface area contributed by atoms with E-state index < -0.39 is 0 Å². The molecule has 0 amide bonds. The molecule has 0 radical (unpaired) electrons. The van der Waals surface area contributed by atoms with Crippen molar-refractivity contribution in [2.24, 2.45) is 0 Å². The molecule has 1 aromatic heterocycles. The standard InChI is InChI=1S/C9H13BrN2O3/c1-13-3-4-15-7-5-6(11)8(10)12-9(7)14-2/h5H,3-4,11H2,1-2H3. The Balaban J connectivity index is 2.80. The molecule has 0 spiro atoms. The minimum atomic E-state index is 0.396. The molecule has 0 aromatic carbocycles. The average Bonchev–Trinajstić information content (AvgIpc) is 2.23. The van der Waals surface area contributed by atoms with Gasteiger partial charge in [-0.1, -0.05) is 0 Å². The zero-order valence-electron chi connectivity index (χ0n) is 8.62. The molecule has 1 rings (SSSR count). The molecule has 0 aliphatic carbocycles. The highest BCUT2D eigenvalue weighted by Gasteiger charge is 2.09. The molecule has 0 saturated heterocycles. The summed E-state index contributed by atoms with van der Waals surface area (Å²) in [5, 5.41) is 0. The van der Waals surface area contributed by atoms with E-state index in [-0.39, 0.29) is 0 Å². The Morgan fingerprint density at radius 3 is 2.73 bits per heavy atom. The smallest absolute Gasteiger partial charge is 0.257 e. The van der Waals surface area contributed by atoms with Crippen molar-refractivity contribution in [3.63, 3.8) is 0 Å². The Morgan fingerprint density at radius 2 is 2.13 bits per heavy atom. The topological polar surface area (TPSA) is 66.6 Å². The van der Waals surface area contributed by atoms with E-state index in [1.807, 2.05) is 0 Å². The van der Waals surface area contributed by atoms with Crippen LogP contribution in [0, 0.1) is 0 Å². The lowest BCUT2D eigenvalue weighted by Crippen LogP contribution is -2.06. The SMILES string of the molecule is COCCOc1cc(N)c(Br)nc1OC. The summed E-state index contributed by atoms with van der Waals surface area (Å²) < 4.78 is 15.8. The Morgan fingerprint density at radius 1 is 1.40 bits per heavy atom. The number of nitrogens with two attached hydrogens (primary N) is 1. The lowest BCUT2D eigenvalue weighted by molar-refractivity contribution is 0.143. The van der Waals surface area contributed by atoms with E-state index in [0.717, 1.165) is 0 Å². The van der Waals surface area contributed by atoms with Gasteiger partial charge in [-0.2, -0.15) is 0 Å². The molecule has 15 heavy (non-hydrogen) atoms. The van der Waals surface area contributed by atoms with Crippen molar-refractivity contribution < 1.29 is 14.2 Å². The number of nitrogens with zero attached hydrogens (tertiary/aromatic N) is 1. The van der Waals surface area contributed by atoms with Gasteiger partial charge in [-0.05, 0) is 15.9 Å². The predicted octanol–water partition coefficient (Wildman–Crippen LogP) is 1.46. The molecule has 0 aliphatic heterocycles. The van der Waals surface area contributed by atoms with Crippen LogP contribution in [-0.2, 0) is 4.74 Å². The van der Waals surface area contributed by atoms with Crippen molar-refractivity contribution in [2.45, 2.75) is 0 Å². The lowest BCUT2D eigenvalue weighted by atomic mass is 10.4. The van der Waals surface area contributed by atoms with Crippen molar-refractivity contribution >= 4 is 21.6 Å². The van der Waals surface area contributed by atoms with Crippen molar-refractivity contribution in [3.8, 4) is 11.6 Å². The highest BCUT2D eigenvalue weighted by molar-refractivity contribution is 9.10. The summed E-state index contributed by atoms with van der Waals surface area (Å²) in [6, 6.07) is 1.66. The number of ether oxygens (including phenoxy) is 3. The van der Waals surface area contributed by atoms with E-state index in [0.29, 0.717) is 35.1 Å². The molecule has 2 N–H and O–H groups in total. The van der Waals surface area contributed by atoms with Gasteiger partial charge in [0.15, 0.2) is 5.75 Å². The summed E-state index contributed by atoms with van der Waals surface area (Å²) in [5.41, 5.74) is 6.18. The van der Waals surface area contributed by atoms with E-state index in [1.165, 1.54) is 7.11 Å². The molecule has 0 aliphatic rings. The summed E-state index contributed by atoms with van der Waals surface area (Å²) in [6.07, 6.45) is 0. The fourth-order valence-electron chi connectivity index (χ4n) is 0.956. The van der Waals surface area contributed by atoms with Crippen molar-refractivity contribution in [2.75, 3.05) is 33.2 Å². The van der Waals surface area contributed by atoms with Crippen LogP contribution in [0.15, 0.2) is 10.7 Å². The van der Waals surface area contributed by atoms with Gasteiger partial charge in [0.2, 0.25) is 0 Å².